The molecule has 120 valence electrons. The van der Waals surface area contributed by atoms with E-state index in [1.165, 1.54) is 6.07 Å². The zero-order chi connectivity index (χ0) is 16.9. The minimum Gasteiger partial charge on any atom is -0.344 e. The molecular formula is C17H15N5O2. The van der Waals surface area contributed by atoms with Crippen LogP contribution in [0.4, 0.5) is 0 Å². The predicted molar refractivity (Wildman–Crippen MR) is 88.2 cm³/mol. The highest BCUT2D eigenvalue weighted by Crippen LogP contribution is 2.15. The highest BCUT2D eigenvalue weighted by atomic mass is 16.1. The molecule has 1 atom stereocenters. The molecule has 3 rings (SSSR count). The fourth-order valence-corrected chi connectivity index (χ4v) is 2.20. The molecule has 2 N–H and O–H groups in total. The highest BCUT2D eigenvalue weighted by molar-refractivity contribution is 5.94. The van der Waals surface area contributed by atoms with Gasteiger partial charge in [-0.3, -0.25) is 19.6 Å². The molecule has 1 amide bonds. The standard InChI is InChI=1S/C17H15N5O2/c1-11(20-17(24)12-4-7-18-8-5-12)14-9-15(23)22-16(21-14)13-3-2-6-19-10-13/h2-11H,1H3,(H,20,24)(H,21,22,23). The highest BCUT2D eigenvalue weighted by Gasteiger charge is 2.14. The fraction of sp³-hybridized carbons (Fsp3) is 0.118. The van der Waals surface area contributed by atoms with Crippen LogP contribution < -0.4 is 10.9 Å². The van der Waals surface area contributed by atoms with Gasteiger partial charge in [-0.05, 0) is 31.2 Å². The first-order chi connectivity index (χ1) is 11.6. The maximum Gasteiger partial charge on any atom is 0.251 e. The van der Waals surface area contributed by atoms with Crippen LogP contribution in [0.3, 0.4) is 0 Å². The topological polar surface area (TPSA) is 101 Å². The van der Waals surface area contributed by atoms with E-state index in [2.05, 4.69) is 25.3 Å². The van der Waals surface area contributed by atoms with E-state index in [1.54, 1.807) is 56.0 Å². The smallest absolute Gasteiger partial charge is 0.251 e. The summed E-state index contributed by atoms with van der Waals surface area (Å²) in [4.78, 5) is 39.1. The summed E-state index contributed by atoms with van der Waals surface area (Å²) in [5.74, 6) is 0.158. The molecule has 0 aliphatic heterocycles. The fourth-order valence-electron chi connectivity index (χ4n) is 2.20. The molecule has 0 spiro atoms. The van der Waals surface area contributed by atoms with Crippen molar-refractivity contribution in [3.63, 3.8) is 0 Å². The summed E-state index contributed by atoms with van der Waals surface area (Å²) in [6.07, 6.45) is 6.35. The maximum absolute atomic E-state index is 12.2. The normalized spacial score (nSPS) is 11.7. The number of hydrogen-bond acceptors (Lipinski definition) is 5. The molecule has 0 bridgehead atoms. The Morgan fingerprint density at radius 1 is 1.17 bits per heavy atom. The Labute approximate surface area is 137 Å². The van der Waals surface area contributed by atoms with Gasteiger partial charge in [-0.2, -0.15) is 0 Å². The first-order valence-electron chi connectivity index (χ1n) is 7.36. The molecule has 0 aliphatic rings. The van der Waals surface area contributed by atoms with Crippen molar-refractivity contribution in [2.75, 3.05) is 0 Å². The van der Waals surface area contributed by atoms with Crippen molar-refractivity contribution in [3.05, 3.63) is 76.7 Å². The zero-order valence-corrected chi connectivity index (χ0v) is 12.9. The first kappa shape index (κ1) is 15.5. The molecule has 0 fully saturated rings. The third-order valence-corrected chi connectivity index (χ3v) is 3.43. The maximum atomic E-state index is 12.2. The Morgan fingerprint density at radius 3 is 2.67 bits per heavy atom. The minimum absolute atomic E-state index is 0.255. The van der Waals surface area contributed by atoms with Crippen LogP contribution in [0, 0.1) is 0 Å². The van der Waals surface area contributed by atoms with Crippen LogP contribution in [0.1, 0.15) is 29.0 Å². The summed E-state index contributed by atoms with van der Waals surface area (Å²) in [6, 6.07) is 7.75. The summed E-state index contributed by atoms with van der Waals surface area (Å²) < 4.78 is 0. The number of aromatic amines is 1. The summed E-state index contributed by atoms with van der Waals surface area (Å²) in [5.41, 5.74) is 1.38. The van der Waals surface area contributed by atoms with Gasteiger partial charge >= 0.3 is 0 Å². The van der Waals surface area contributed by atoms with Crippen LogP contribution in [0.5, 0.6) is 0 Å². The third kappa shape index (κ3) is 3.52. The molecule has 3 heterocycles. The number of H-pyrrole nitrogens is 1. The first-order valence-corrected chi connectivity index (χ1v) is 7.36. The molecule has 0 saturated heterocycles. The van der Waals surface area contributed by atoms with Crippen LogP contribution >= 0.6 is 0 Å². The lowest BCUT2D eigenvalue weighted by molar-refractivity contribution is 0.0939. The molecule has 1 unspecified atom stereocenters. The SMILES string of the molecule is CC(NC(=O)c1ccncc1)c1cc(=O)[nH]c(-c2cccnc2)n1. The van der Waals surface area contributed by atoms with E-state index in [1.807, 2.05) is 0 Å². The average molecular weight is 321 g/mol. The van der Waals surface area contributed by atoms with Gasteiger partial charge in [0.1, 0.15) is 5.82 Å². The second-order valence-corrected chi connectivity index (χ2v) is 5.19. The predicted octanol–water partition coefficient (Wildman–Crippen LogP) is 1.72. The summed E-state index contributed by atoms with van der Waals surface area (Å²) in [7, 11) is 0. The Kier molecular flexibility index (Phi) is 4.42. The number of carbonyl (C=O) groups is 1. The lowest BCUT2D eigenvalue weighted by Gasteiger charge is -2.14. The molecule has 3 aromatic heterocycles. The molecule has 0 aromatic carbocycles. The van der Waals surface area contributed by atoms with Crippen LogP contribution in [0.25, 0.3) is 11.4 Å². The van der Waals surface area contributed by atoms with Gasteiger partial charge in [-0.15, -0.1) is 0 Å². The number of amides is 1. The van der Waals surface area contributed by atoms with Gasteiger partial charge in [0.05, 0.1) is 11.7 Å². The number of nitrogens with one attached hydrogen (secondary N) is 2. The number of carbonyl (C=O) groups excluding carboxylic acids is 1. The Balaban J connectivity index is 1.85. The average Bonchev–Trinajstić information content (AvgIpc) is 2.62. The molecule has 0 radical (unpaired) electrons. The lowest BCUT2D eigenvalue weighted by atomic mass is 10.2. The van der Waals surface area contributed by atoms with Gasteiger partial charge in [-0.25, -0.2) is 4.98 Å². The molecule has 0 saturated carbocycles. The van der Waals surface area contributed by atoms with Gasteiger partial charge in [0.25, 0.3) is 11.5 Å². The molecule has 0 aliphatic carbocycles. The van der Waals surface area contributed by atoms with E-state index in [-0.39, 0.29) is 11.5 Å². The summed E-state index contributed by atoms with van der Waals surface area (Å²) >= 11 is 0. The minimum atomic E-state index is -0.427. The van der Waals surface area contributed by atoms with Crippen molar-refractivity contribution in [2.24, 2.45) is 0 Å². The lowest BCUT2D eigenvalue weighted by Crippen LogP contribution is -2.28. The van der Waals surface area contributed by atoms with Crippen molar-refractivity contribution in [1.82, 2.24) is 25.3 Å². The summed E-state index contributed by atoms with van der Waals surface area (Å²) in [6.45, 7) is 1.77. The van der Waals surface area contributed by atoms with E-state index in [0.29, 0.717) is 22.6 Å². The number of pyridine rings is 2. The number of rotatable bonds is 4. The molecule has 7 nitrogen and oxygen atoms in total. The van der Waals surface area contributed by atoms with E-state index in [4.69, 9.17) is 0 Å². The second-order valence-electron chi connectivity index (χ2n) is 5.19. The van der Waals surface area contributed by atoms with Crippen molar-refractivity contribution < 1.29 is 4.79 Å². The molecule has 3 aromatic rings. The van der Waals surface area contributed by atoms with Crippen LogP contribution in [-0.2, 0) is 0 Å². The zero-order valence-electron chi connectivity index (χ0n) is 12.9. The van der Waals surface area contributed by atoms with E-state index in [9.17, 15) is 9.59 Å². The van der Waals surface area contributed by atoms with Gasteiger partial charge in [0, 0.05) is 42.0 Å². The molecule has 24 heavy (non-hydrogen) atoms. The van der Waals surface area contributed by atoms with Gasteiger partial charge in [0.15, 0.2) is 0 Å². The van der Waals surface area contributed by atoms with Crippen LogP contribution in [-0.4, -0.2) is 25.8 Å². The number of hydrogen-bond donors (Lipinski definition) is 2. The Hall–Kier alpha value is -3.35. The monoisotopic (exact) mass is 321 g/mol. The molecular weight excluding hydrogens is 306 g/mol. The summed E-state index contributed by atoms with van der Waals surface area (Å²) in [5, 5.41) is 2.82. The Morgan fingerprint density at radius 2 is 1.96 bits per heavy atom. The van der Waals surface area contributed by atoms with Crippen molar-refractivity contribution in [2.45, 2.75) is 13.0 Å². The van der Waals surface area contributed by atoms with Crippen molar-refractivity contribution >= 4 is 5.91 Å². The van der Waals surface area contributed by atoms with Gasteiger partial charge in [-0.1, -0.05) is 0 Å². The van der Waals surface area contributed by atoms with E-state index < -0.39 is 6.04 Å². The second kappa shape index (κ2) is 6.82. The molecule has 7 heteroatoms. The quantitative estimate of drug-likeness (QED) is 0.762. The number of aromatic nitrogens is 4. The van der Waals surface area contributed by atoms with Crippen molar-refractivity contribution in [3.8, 4) is 11.4 Å². The number of nitrogens with zero attached hydrogens (tertiary/aromatic N) is 3. The van der Waals surface area contributed by atoms with Gasteiger partial charge < -0.3 is 10.3 Å². The van der Waals surface area contributed by atoms with Gasteiger partial charge in [0.2, 0.25) is 0 Å². The Bertz CT molecular complexity index is 894. The van der Waals surface area contributed by atoms with E-state index >= 15 is 0 Å². The van der Waals surface area contributed by atoms with E-state index in [0.717, 1.165) is 0 Å². The third-order valence-electron chi connectivity index (χ3n) is 3.43. The van der Waals surface area contributed by atoms with Crippen molar-refractivity contribution in [1.29, 1.82) is 0 Å². The largest absolute Gasteiger partial charge is 0.344 e. The van der Waals surface area contributed by atoms with Crippen LogP contribution in [0.15, 0.2) is 59.9 Å². The van der Waals surface area contributed by atoms with Crippen LogP contribution in [0.2, 0.25) is 0 Å².